The molecule has 1 amide bonds. The quantitative estimate of drug-likeness (QED) is 0.0542. The van der Waals surface area contributed by atoms with Gasteiger partial charge in [0, 0.05) is 41.1 Å². The number of unbranched alkanes of at least 4 members (excludes halogenated alkanes) is 1. The van der Waals surface area contributed by atoms with Gasteiger partial charge >= 0.3 is 5.97 Å². The number of ether oxygens (including phenoxy) is 1. The van der Waals surface area contributed by atoms with Crippen LogP contribution in [0.4, 0.5) is 5.82 Å². The van der Waals surface area contributed by atoms with E-state index in [0.29, 0.717) is 54.9 Å². The monoisotopic (exact) mass is 622 g/mol. The number of aliphatic imine (C=N–C) groups is 1. The lowest BCUT2D eigenvalue weighted by Crippen LogP contribution is -2.29. The summed E-state index contributed by atoms with van der Waals surface area (Å²) in [5, 5.41) is 24.0. The zero-order valence-electron chi connectivity index (χ0n) is 26.3. The minimum absolute atomic E-state index is 0.106. The van der Waals surface area contributed by atoms with E-state index in [0.717, 1.165) is 68.4 Å². The standard InChI is InChI=1S/C33H42N4O6S/c1-7-9-14-31(34-24(5)22(3)17-32(39)40)36(21-38)19-26-15-16-28(27(18-26)20-42-8-2)29-12-10-11-13-30(29)44-37(41)33-23(4)25(6)43-35-33/h10-13,15-16,18,21,41H,7-9,14,17,19-20H2,1-6H3,(H,39,40)/b24-22+,34-31-. The Hall–Kier alpha value is -3.93. The number of amides is 1. The van der Waals surface area contributed by atoms with Crippen LogP contribution in [-0.4, -0.2) is 45.2 Å². The molecule has 0 aliphatic rings. The molecule has 0 aliphatic heterocycles. The Balaban J connectivity index is 1.97. The number of carboxylic acid groups (broad SMARTS) is 1. The lowest BCUT2D eigenvalue weighted by Gasteiger charge is -2.22. The van der Waals surface area contributed by atoms with Crippen molar-refractivity contribution in [1.29, 1.82) is 0 Å². The number of nitrogens with zero attached hydrogens (tertiary/aromatic N) is 4. The van der Waals surface area contributed by atoms with E-state index in [4.69, 9.17) is 14.3 Å². The fourth-order valence-corrected chi connectivity index (χ4v) is 5.32. The Morgan fingerprint density at radius 3 is 2.52 bits per heavy atom. The molecule has 0 atom stereocenters. The summed E-state index contributed by atoms with van der Waals surface area (Å²) in [4.78, 5) is 30.7. The molecule has 2 N–H and O–H groups in total. The minimum atomic E-state index is -0.920. The average molecular weight is 623 g/mol. The van der Waals surface area contributed by atoms with E-state index >= 15 is 0 Å². The van der Waals surface area contributed by atoms with E-state index in [1.165, 1.54) is 0 Å². The maximum atomic E-state index is 12.3. The van der Waals surface area contributed by atoms with Crippen molar-refractivity contribution in [2.75, 3.05) is 11.1 Å². The number of amidine groups is 1. The van der Waals surface area contributed by atoms with Crippen molar-refractivity contribution in [3.8, 4) is 11.1 Å². The van der Waals surface area contributed by atoms with Crippen molar-refractivity contribution < 1.29 is 29.2 Å². The van der Waals surface area contributed by atoms with Crippen molar-refractivity contribution in [2.24, 2.45) is 4.99 Å². The van der Waals surface area contributed by atoms with Crippen LogP contribution in [0.5, 0.6) is 0 Å². The molecule has 0 bridgehead atoms. The van der Waals surface area contributed by atoms with E-state index in [9.17, 15) is 19.9 Å². The minimum Gasteiger partial charge on any atom is -0.481 e. The fourth-order valence-electron chi connectivity index (χ4n) is 4.46. The molecular weight excluding hydrogens is 580 g/mol. The summed E-state index contributed by atoms with van der Waals surface area (Å²) in [6.07, 6.45) is 3.02. The van der Waals surface area contributed by atoms with Gasteiger partial charge in [0.25, 0.3) is 0 Å². The van der Waals surface area contributed by atoms with Gasteiger partial charge in [-0.15, -0.1) is 0 Å². The van der Waals surface area contributed by atoms with Gasteiger partial charge in [0.15, 0.2) is 0 Å². The molecule has 2 aromatic carbocycles. The molecular formula is C33H42N4O6S. The van der Waals surface area contributed by atoms with Gasteiger partial charge in [0.05, 0.1) is 19.6 Å². The number of benzene rings is 2. The van der Waals surface area contributed by atoms with Crippen LogP contribution in [-0.2, 0) is 27.5 Å². The second-order valence-corrected chi connectivity index (χ2v) is 11.4. The number of aliphatic carboxylic acids is 1. The first kappa shape index (κ1) is 34.6. The number of anilines is 1. The van der Waals surface area contributed by atoms with Gasteiger partial charge in [-0.05, 0) is 74.9 Å². The molecule has 44 heavy (non-hydrogen) atoms. The molecule has 1 aromatic heterocycles. The smallest absolute Gasteiger partial charge is 0.307 e. The summed E-state index contributed by atoms with van der Waals surface area (Å²) < 4.78 is 12.1. The van der Waals surface area contributed by atoms with Crippen LogP contribution in [0.2, 0.25) is 0 Å². The third kappa shape index (κ3) is 9.28. The van der Waals surface area contributed by atoms with E-state index in [2.05, 4.69) is 12.1 Å². The van der Waals surface area contributed by atoms with Gasteiger partial charge in [-0.25, -0.2) is 4.99 Å². The summed E-state index contributed by atoms with van der Waals surface area (Å²) in [5.74, 6) is 0.653. The largest absolute Gasteiger partial charge is 0.481 e. The molecule has 0 spiro atoms. The van der Waals surface area contributed by atoms with Crippen LogP contribution < -0.4 is 4.47 Å². The van der Waals surface area contributed by atoms with E-state index in [1.54, 1.807) is 25.7 Å². The molecule has 3 aromatic rings. The second kappa shape index (κ2) is 16.8. The van der Waals surface area contributed by atoms with Crippen molar-refractivity contribution in [3.63, 3.8) is 0 Å². The molecule has 11 heteroatoms. The zero-order valence-corrected chi connectivity index (χ0v) is 27.1. The molecule has 10 nitrogen and oxygen atoms in total. The molecule has 0 aliphatic carbocycles. The second-order valence-electron chi connectivity index (χ2n) is 10.5. The average Bonchev–Trinajstić information content (AvgIpc) is 3.34. The molecule has 0 saturated carbocycles. The summed E-state index contributed by atoms with van der Waals surface area (Å²) in [6.45, 7) is 12.3. The van der Waals surface area contributed by atoms with Gasteiger partial charge in [-0.3, -0.25) is 19.7 Å². The maximum absolute atomic E-state index is 12.3. The van der Waals surface area contributed by atoms with Crippen molar-refractivity contribution in [2.45, 2.75) is 85.3 Å². The first-order chi connectivity index (χ1) is 21.1. The Morgan fingerprint density at radius 2 is 1.89 bits per heavy atom. The molecule has 0 fully saturated rings. The lowest BCUT2D eigenvalue weighted by molar-refractivity contribution is -0.136. The number of hydrogen-bond acceptors (Lipinski definition) is 9. The number of carboxylic acids is 1. The lowest BCUT2D eigenvalue weighted by atomic mass is 9.97. The van der Waals surface area contributed by atoms with Gasteiger partial charge in [0.2, 0.25) is 12.2 Å². The number of aryl methyl sites for hydroxylation is 1. The molecule has 3 rings (SSSR count). The topological polar surface area (TPSA) is 129 Å². The zero-order chi connectivity index (χ0) is 32.2. The molecule has 0 radical (unpaired) electrons. The van der Waals surface area contributed by atoms with Gasteiger partial charge < -0.3 is 14.4 Å². The summed E-state index contributed by atoms with van der Waals surface area (Å²) in [5.41, 5.74) is 5.67. The number of hydrogen-bond donors (Lipinski definition) is 2. The summed E-state index contributed by atoms with van der Waals surface area (Å²) in [7, 11) is 0. The summed E-state index contributed by atoms with van der Waals surface area (Å²) >= 11 is 1.13. The van der Waals surface area contributed by atoms with Crippen LogP contribution in [0.25, 0.3) is 11.1 Å². The van der Waals surface area contributed by atoms with E-state index < -0.39 is 5.97 Å². The maximum Gasteiger partial charge on any atom is 0.307 e. The fraction of sp³-hybridized carbons (Fsp3) is 0.394. The van der Waals surface area contributed by atoms with Crippen molar-refractivity contribution in [3.05, 3.63) is 76.2 Å². The Bertz CT molecular complexity index is 1500. The summed E-state index contributed by atoms with van der Waals surface area (Å²) in [6, 6.07) is 13.8. The van der Waals surface area contributed by atoms with E-state index in [-0.39, 0.29) is 6.42 Å². The third-order valence-electron chi connectivity index (χ3n) is 7.20. The molecule has 236 valence electrons. The Labute approximate surface area is 263 Å². The predicted molar refractivity (Wildman–Crippen MR) is 173 cm³/mol. The number of carbonyl (C=O) groups excluding carboxylic acids is 1. The highest BCUT2D eigenvalue weighted by Crippen LogP contribution is 2.38. The Kier molecular flexibility index (Phi) is 13.2. The van der Waals surface area contributed by atoms with Gasteiger partial charge in [-0.2, -0.15) is 4.47 Å². The van der Waals surface area contributed by atoms with Crippen molar-refractivity contribution in [1.82, 2.24) is 10.1 Å². The first-order valence-electron chi connectivity index (χ1n) is 14.7. The van der Waals surface area contributed by atoms with Crippen LogP contribution >= 0.6 is 11.9 Å². The van der Waals surface area contributed by atoms with E-state index in [1.807, 2.05) is 56.3 Å². The predicted octanol–water partition coefficient (Wildman–Crippen LogP) is 7.71. The van der Waals surface area contributed by atoms with Crippen LogP contribution in [0, 0.1) is 13.8 Å². The third-order valence-corrected chi connectivity index (χ3v) is 8.10. The first-order valence-corrected chi connectivity index (χ1v) is 15.4. The van der Waals surface area contributed by atoms with Crippen molar-refractivity contribution >= 4 is 36.0 Å². The van der Waals surface area contributed by atoms with Crippen LogP contribution in [0.3, 0.4) is 0 Å². The van der Waals surface area contributed by atoms with Gasteiger partial charge in [-0.1, -0.05) is 54.9 Å². The molecule has 0 saturated heterocycles. The number of carbonyl (C=O) groups is 2. The van der Waals surface area contributed by atoms with Crippen LogP contribution in [0.1, 0.15) is 75.8 Å². The highest BCUT2D eigenvalue weighted by Gasteiger charge is 2.20. The normalized spacial score (nSPS) is 12.2. The Morgan fingerprint density at radius 1 is 1.14 bits per heavy atom. The van der Waals surface area contributed by atoms with Gasteiger partial charge in [0.1, 0.15) is 11.6 Å². The SMILES string of the molecule is CCCC/C(=N/C(C)=C(\C)CC(=O)O)N(C=O)Cc1ccc(-c2ccccc2SN(O)c2noc(C)c2C)c(COCC)c1. The molecule has 0 unspecified atom stereocenters. The highest BCUT2D eigenvalue weighted by molar-refractivity contribution is 8.00. The number of rotatable bonds is 16. The van der Waals surface area contributed by atoms with Crippen LogP contribution in [0.15, 0.2) is 68.1 Å². The number of aromatic nitrogens is 1. The molecule has 1 heterocycles. The number of allylic oxidation sites excluding steroid dienone is 1. The highest BCUT2D eigenvalue weighted by atomic mass is 32.2.